The van der Waals surface area contributed by atoms with Crippen molar-refractivity contribution in [2.24, 2.45) is 11.7 Å². The van der Waals surface area contributed by atoms with E-state index < -0.39 is 0 Å². The van der Waals surface area contributed by atoms with Crippen LogP contribution in [0.15, 0.2) is 24.3 Å². The first kappa shape index (κ1) is 15.7. The number of carbonyl (C=O) groups excluding carboxylic acids is 1. The Hall–Kier alpha value is -1.66. The number of nitrogens with zero attached hydrogens (tertiary/aromatic N) is 1. The fourth-order valence-corrected chi connectivity index (χ4v) is 2.45. The highest BCUT2D eigenvalue weighted by Crippen LogP contribution is 2.17. The van der Waals surface area contributed by atoms with Gasteiger partial charge in [-0.15, -0.1) is 0 Å². The lowest BCUT2D eigenvalue weighted by molar-refractivity contribution is -0.136. The second-order valence-electron chi connectivity index (χ2n) is 5.35. The van der Waals surface area contributed by atoms with Crippen molar-refractivity contribution in [1.82, 2.24) is 4.90 Å². The Labute approximate surface area is 129 Å². The van der Waals surface area contributed by atoms with Crippen molar-refractivity contribution in [2.45, 2.75) is 19.4 Å². The van der Waals surface area contributed by atoms with Gasteiger partial charge >= 0.3 is 0 Å². The monoisotopic (exact) mass is 308 g/mol. The summed E-state index contributed by atoms with van der Waals surface area (Å²) >= 11 is 4.87. The van der Waals surface area contributed by atoms with Crippen molar-refractivity contribution in [1.29, 1.82) is 0 Å². The van der Waals surface area contributed by atoms with Crippen molar-refractivity contribution in [2.75, 3.05) is 19.7 Å². The zero-order valence-corrected chi connectivity index (χ0v) is 12.8. The van der Waals surface area contributed by atoms with Crippen molar-refractivity contribution in [3.63, 3.8) is 0 Å². The highest BCUT2D eigenvalue weighted by Gasteiger charge is 2.27. The number of aliphatic hydroxyl groups is 1. The van der Waals surface area contributed by atoms with Gasteiger partial charge in [0.05, 0.1) is 6.10 Å². The zero-order chi connectivity index (χ0) is 15.4. The summed E-state index contributed by atoms with van der Waals surface area (Å²) in [7, 11) is 0. The lowest BCUT2D eigenvalue weighted by Gasteiger charge is -2.34. The molecule has 1 aromatic carbocycles. The van der Waals surface area contributed by atoms with Crippen molar-refractivity contribution >= 4 is 23.1 Å². The first-order valence-corrected chi connectivity index (χ1v) is 7.36. The van der Waals surface area contributed by atoms with Gasteiger partial charge in [-0.2, -0.15) is 0 Å². The van der Waals surface area contributed by atoms with Gasteiger partial charge in [0.15, 0.2) is 6.61 Å². The fraction of sp³-hybridized carbons (Fsp3) is 0.467. The maximum Gasteiger partial charge on any atom is 0.260 e. The number of ether oxygens (including phenoxy) is 1. The molecule has 0 spiro atoms. The van der Waals surface area contributed by atoms with Gasteiger partial charge in [0.25, 0.3) is 5.91 Å². The maximum absolute atomic E-state index is 12.1. The summed E-state index contributed by atoms with van der Waals surface area (Å²) in [5, 5.41) is 9.67. The summed E-state index contributed by atoms with van der Waals surface area (Å²) in [5.41, 5.74) is 6.28. The third-order valence-corrected chi connectivity index (χ3v) is 3.95. The Morgan fingerprint density at radius 2 is 2.14 bits per heavy atom. The van der Waals surface area contributed by atoms with E-state index in [1.165, 1.54) is 0 Å². The number of thiocarbonyl (C=S) groups is 1. The van der Waals surface area contributed by atoms with Gasteiger partial charge in [-0.1, -0.05) is 19.1 Å². The van der Waals surface area contributed by atoms with Crippen molar-refractivity contribution in [3.8, 4) is 5.75 Å². The lowest BCUT2D eigenvalue weighted by Crippen LogP contribution is -2.46. The first-order valence-electron chi connectivity index (χ1n) is 6.96. The molecular formula is C15H20N2O3S. The van der Waals surface area contributed by atoms with E-state index in [4.69, 9.17) is 22.7 Å². The van der Waals surface area contributed by atoms with Crippen LogP contribution in [-0.4, -0.2) is 46.7 Å². The van der Waals surface area contributed by atoms with Gasteiger partial charge in [-0.3, -0.25) is 4.79 Å². The molecule has 2 rings (SSSR count). The normalized spacial score (nSPS) is 21.9. The molecule has 1 aliphatic heterocycles. The highest BCUT2D eigenvalue weighted by molar-refractivity contribution is 7.80. The molecular weight excluding hydrogens is 288 g/mol. The van der Waals surface area contributed by atoms with Gasteiger partial charge in [0, 0.05) is 18.7 Å². The van der Waals surface area contributed by atoms with Gasteiger partial charge in [0.2, 0.25) is 0 Å². The summed E-state index contributed by atoms with van der Waals surface area (Å²) in [6.07, 6.45) is 0.304. The summed E-state index contributed by atoms with van der Waals surface area (Å²) in [6.45, 7) is 3.09. The molecule has 1 amide bonds. The average Bonchev–Trinajstić information content (AvgIpc) is 2.48. The molecule has 1 aromatic rings. The van der Waals surface area contributed by atoms with E-state index >= 15 is 0 Å². The molecule has 2 atom stereocenters. The Balaban J connectivity index is 1.85. The van der Waals surface area contributed by atoms with Crippen molar-refractivity contribution in [3.05, 3.63) is 29.8 Å². The molecule has 6 heteroatoms. The predicted octanol–water partition coefficient (Wildman–Crippen LogP) is 0.929. The first-order chi connectivity index (χ1) is 9.97. The van der Waals surface area contributed by atoms with Crippen LogP contribution in [0.3, 0.4) is 0 Å². The van der Waals surface area contributed by atoms with E-state index in [1.807, 2.05) is 6.92 Å². The second kappa shape index (κ2) is 6.87. The Morgan fingerprint density at radius 3 is 2.71 bits per heavy atom. The largest absolute Gasteiger partial charge is 0.484 e. The van der Waals surface area contributed by atoms with Crippen LogP contribution in [0.1, 0.15) is 18.9 Å². The number of likely N-dealkylation sites (tertiary alicyclic amines) is 1. The van der Waals surface area contributed by atoms with Gasteiger partial charge < -0.3 is 20.5 Å². The van der Waals surface area contributed by atoms with E-state index in [1.54, 1.807) is 29.2 Å². The Morgan fingerprint density at radius 1 is 1.48 bits per heavy atom. The molecule has 1 heterocycles. The van der Waals surface area contributed by atoms with Crippen LogP contribution < -0.4 is 10.5 Å². The highest BCUT2D eigenvalue weighted by atomic mass is 32.1. The molecule has 0 aliphatic carbocycles. The van der Waals surface area contributed by atoms with Crippen LogP contribution in [-0.2, 0) is 4.79 Å². The van der Waals surface area contributed by atoms with Crippen LogP contribution in [0.2, 0.25) is 0 Å². The van der Waals surface area contributed by atoms with E-state index in [2.05, 4.69) is 0 Å². The van der Waals surface area contributed by atoms with Crippen LogP contribution in [0.5, 0.6) is 5.75 Å². The standard InChI is InChI=1S/C15H20N2O3S/c1-10-8-17(7-6-13(10)18)14(19)9-20-12-4-2-11(3-5-12)15(16)21/h2-5,10,13,18H,6-9H2,1H3,(H2,16,21). The quantitative estimate of drug-likeness (QED) is 0.809. The number of hydrogen-bond acceptors (Lipinski definition) is 4. The van der Waals surface area contributed by atoms with Crippen LogP contribution >= 0.6 is 12.2 Å². The molecule has 21 heavy (non-hydrogen) atoms. The molecule has 3 N–H and O–H groups in total. The Bertz CT molecular complexity index is 518. The molecule has 1 fully saturated rings. The summed E-state index contributed by atoms with van der Waals surface area (Å²) in [4.78, 5) is 14.1. The third kappa shape index (κ3) is 4.15. The van der Waals surface area contributed by atoms with E-state index in [0.717, 1.165) is 5.56 Å². The predicted molar refractivity (Wildman–Crippen MR) is 84.2 cm³/mol. The molecule has 1 saturated heterocycles. The number of benzene rings is 1. The lowest BCUT2D eigenvalue weighted by atomic mass is 9.97. The maximum atomic E-state index is 12.1. The van der Waals surface area contributed by atoms with Crippen LogP contribution in [0.25, 0.3) is 0 Å². The minimum atomic E-state index is -0.317. The fourth-order valence-electron chi connectivity index (χ4n) is 2.31. The number of hydrogen-bond donors (Lipinski definition) is 2. The smallest absolute Gasteiger partial charge is 0.260 e. The molecule has 2 unspecified atom stereocenters. The number of piperidine rings is 1. The van der Waals surface area contributed by atoms with E-state index in [0.29, 0.717) is 30.2 Å². The minimum absolute atomic E-state index is 0.00473. The number of nitrogens with two attached hydrogens (primary N) is 1. The van der Waals surface area contributed by atoms with Gasteiger partial charge in [-0.25, -0.2) is 0 Å². The average molecular weight is 308 g/mol. The van der Waals surface area contributed by atoms with Crippen molar-refractivity contribution < 1.29 is 14.6 Å². The van der Waals surface area contributed by atoms with Crippen LogP contribution in [0, 0.1) is 5.92 Å². The van der Waals surface area contributed by atoms with Gasteiger partial charge in [0.1, 0.15) is 10.7 Å². The van der Waals surface area contributed by atoms with E-state index in [-0.39, 0.29) is 24.5 Å². The molecule has 1 aliphatic rings. The van der Waals surface area contributed by atoms with Crippen LogP contribution in [0.4, 0.5) is 0 Å². The summed E-state index contributed by atoms with van der Waals surface area (Å²) < 4.78 is 5.48. The number of rotatable bonds is 4. The molecule has 0 bridgehead atoms. The molecule has 5 nitrogen and oxygen atoms in total. The SMILES string of the molecule is CC1CN(C(=O)COc2ccc(C(N)=S)cc2)CCC1O. The topological polar surface area (TPSA) is 75.8 Å². The number of aliphatic hydroxyl groups excluding tert-OH is 1. The third-order valence-electron chi connectivity index (χ3n) is 3.71. The molecule has 114 valence electrons. The molecule has 0 radical (unpaired) electrons. The van der Waals surface area contributed by atoms with E-state index in [9.17, 15) is 9.90 Å². The molecule has 0 aromatic heterocycles. The minimum Gasteiger partial charge on any atom is -0.484 e. The summed E-state index contributed by atoms with van der Waals surface area (Å²) in [6, 6.07) is 7.01. The number of carbonyl (C=O) groups is 1. The van der Waals surface area contributed by atoms with Gasteiger partial charge in [-0.05, 0) is 36.6 Å². The second-order valence-corrected chi connectivity index (χ2v) is 5.79. The Kier molecular flexibility index (Phi) is 5.14. The summed E-state index contributed by atoms with van der Waals surface area (Å²) in [5.74, 6) is 0.646. The zero-order valence-electron chi connectivity index (χ0n) is 12.0. The number of amides is 1. The molecule has 0 saturated carbocycles.